The molecule has 0 radical (unpaired) electrons. The third kappa shape index (κ3) is 13.7. The molecular weight excluding hydrogens is 1620 g/mol. The minimum atomic E-state index is -1.99. The molecular formula is C115H90N6O4SSi2. The van der Waals surface area contributed by atoms with Crippen LogP contribution in [0.25, 0.3) is 67.3 Å². The van der Waals surface area contributed by atoms with Crippen LogP contribution in [0.4, 0.5) is 51.4 Å². The van der Waals surface area contributed by atoms with Gasteiger partial charge in [0.05, 0.1) is 11.4 Å². The Kier molecular flexibility index (Phi) is 19.6. The first-order chi connectivity index (χ1) is 62.5. The number of nitrogens with zero attached hydrogens (tertiary/aromatic N) is 6. The Balaban J connectivity index is 0.000000151. The lowest BCUT2D eigenvalue weighted by atomic mass is 9.75. The number of anilines is 9. The van der Waals surface area contributed by atoms with Gasteiger partial charge in [0.1, 0.15) is 50.6 Å². The molecule has 1 aromatic heterocycles. The molecule has 128 heavy (non-hydrogen) atoms. The average molecular weight is 1710 g/mol. The van der Waals surface area contributed by atoms with Gasteiger partial charge in [0.2, 0.25) is 5.95 Å². The molecule has 0 aliphatic carbocycles. The lowest BCUT2D eigenvalue weighted by molar-refractivity contribution is 0.419. The molecule has 18 aromatic rings. The van der Waals surface area contributed by atoms with E-state index in [9.17, 15) is 0 Å². The first kappa shape index (κ1) is 79.1. The minimum absolute atomic E-state index is 0.206. The maximum Gasteiger partial charge on any atom is 0.238 e. The van der Waals surface area contributed by atoms with Crippen LogP contribution in [0, 0.1) is 0 Å². The monoisotopic (exact) mass is 1710 g/mol. The number of fused-ring (bicyclic) bond motifs is 10. The highest BCUT2D eigenvalue weighted by molar-refractivity contribution is 8.00. The van der Waals surface area contributed by atoms with Crippen molar-refractivity contribution in [3.8, 4) is 113 Å². The number of hydrogen-bond donors (Lipinski definition) is 0. The lowest BCUT2D eigenvalue weighted by Crippen LogP contribution is -2.56. The van der Waals surface area contributed by atoms with E-state index in [-0.39, 0.29) is 10.8 Å². The van der Waals surface area contributed by atoms with Crippen LogP contribution < -0.4 is 54.4 Å². The molecule has 0 unspecified atom stereocenters. The number of rotatable bonds is 13. The van der Waals surface area contributed by atoms with Crippen molar-refractivity contribution in [3.63, 3.8) is 0 Å². The van der Waals surface area contributed by atoms with Crippen LogP contribution in [0.3, 0.4) is 0 Å². The summed E-state index contributed by atoms with van der Waals surface area (Å²) in [6.07, 6.45) is 0. The predicted molar refractivity (Wildman–Crippen MR) is 531 cm³/mol. The number of aromatic nitrogens is 3. The van der Waals surface area contributed by atoms with Crippen molar-refractivity contribution in [1.29, 1.82) is 0 Å². The van der Waals surface area contributed by atoms with Gasteiger partial charge < -0.3 is 28.7 Å². The fourth-order valence-corrected chi connectivity index (χ4v) is 27.8. The van der Waals surface area contributed by atoms with Crippen LogP contribution in [0.1, 0.15) is 49.9 Å². The van der Waals surface area contributed by atoms with E-state index in [1.165, 1.54) is 63.9 Å². The van der Waals surface area contributed by atoms with Crippen molar-refractivity contribution in [3.05, 3.63) is 423 Å². The van der Waals surface area contributed by atoms with Gasteiger partial charge in [0.15, 0.2) is 23.1 Å². The summed E-state index contributed by atoms with van der Waals surface area (Å²) in [5.74, 6) is 8.87. The number of benzene rings is 17. The molecule has 6 heterocycles. The first-order valence-electron chi connectivity index (χ1n) is 43.8. The molecule has 0 saturated heterocycles. The average Bonchev–Trinajstić information content (AvgIpc) is 0.748. The number of para-hydroxylation sites is 9. The summed E-state index contributed by atoms with van der Waals surface area (Å²) in [7, 11) is -3.89. The normalized spacial score (nSPS) is 14.2. The second-order valence-corrected chi connectivity index (χ2v) is 45.1. The van der Waals surface area contributed by atoms with Crippen LogP contribution >= 0.6 is 11.8 Å². The topological polar surface area (TPSA) is 85.3 Å². The van der Waals surface area contributed by atoms with Crippen molar-refractivity contribution >= 4 is 100 Å². The Hall–Kier alpha value is -14.9. The van der Waals surface area contributed by atoms with Gasteiger partial charge in [-0.1, -0.05) is 351 Å². The highest BCUT2D eigenvalue weighted by Gasteiger charge is 2.41. The zero-order chi connectivity index (χ0) is 86.6. The molecule has 0 amide bonds. The van der Waals surface area contributed by atoms with E-state index in [1.807, 2.05) is 96.7 Å². The van der Waals surface area contributed by atoms with Crippen molar-refractivity contribution < 1.29 is 18.9 Å². The summed E-state index contributed by atoms with van der Waals surface area (Å²) in [6, 6.07) is 142. The Morgan fingerprint density at radius 2 is 0.656 bits per heavy atom. The fourth-order valence-electron chi connectivity index (χ4n) is 19.4. The van der Waals surface area contributed by atoms with Gasteiger partial charge in [-0.15, -0.1) is 0 Å². The van der Waals surface area contributed by atoms with Crippen LogP contribution in [-0.2, 0) is 10.8 Å². The highest BCUT2D eigenvalue weighted by Crippen LogP contribution is 2.57. The maximum atomic E-state index is 6.74. The number of ether oxygens (including phenoxy) is 4. The van der Waals surface area contributed by atoms with E-state index in [2.05, 4.69) is 384 Å². The third-order valence-corrected chi connectivity index (χ3v) is 34.9. The van der Waals surface area contributed by atoms with Gasteiger partial charge >= 0.3 is 0 Å². The smallest absolute Gasteiger partial charge is 0.238 e. The Morgan fingerprint density at radius 3 is 1.20 bits per heavy atom. The van der Waals surface area contributed by atoms with E-state index in [1.54, 1.807) is 0 Å². The van der Waals surface area contributed by atoms with Crippen LogP contribution in [-0.4, -0.2) is 31.1 Å². The molecule has 5 aliphatic heterocycles. The molecule has 10 nitrogen and oxygen atoms in total. The zero-order valence-electron chi connectivity index (χ0n) is 72.3. The molecule has 0 fully saturated rings. The maximum absolute atomic E-state index is 6.74. The summed E-state index contributed by atoms with van der Waals surface area (Å²) < 4.78 is 26.9. The molecule has 618 valence electrons. The second kappa shape index (κ2) is 31.7. The van der Waals surface area contributed by atoms with E-state index < -0.39 is 16.1 Å². The van der Waals surface area contributed by atoms with Crippen LogP contribution in [0.2, 0.25) is 26.2 Å². The molecule has 23 rings (SSSR count). The standard InChI is InChI=1S/C59H46N2O3Si.C56H44N4OSSi/c1-59(2)47-20-8-10-23-51(47)63-57-45(18-14-21-48(57)59)39-28-32-42(33-29-39)60(44-36-37-50-54(38-44)62-52-24-11-9-22-49(52)61(50)41-16-6-5-7-17-41)43-34-30-40(31-35-43)46-19-15-27-56-58(46)64-53-25-12-13-26-55(53)65(56,3)4;1-56(2)45-23-11-12-25-47(45)61-51-43(21-15-24-46(51)56)37-29-33-41(34-30-37)60(55-58-53(39-17-7-5-8-18-39)57-54(59-55)40-19-9-6-10-20-40)42-35-31-38(32-36-42)44-22-16-28-50-52(44)62-48-26-13-14-27-49(48)63(50,3)4/h5-38H,1-4H3;5-36H,1-4H3. The summed E-state index contributed by atoms with van der Waals surface area (Å²) in [5, 5.41) is 5.64. The SMILES string of the molecule is CC1(C)c2ccccc2Oc2c(-c3ccc(N(c4ccc(-c5cccc6c5Oc5ccccc5[Si]6(C)C)cc4)c4ccc5c(c4)Oc4ccccc4N5c4ccccc4)cc3)cccc21.CC1(C)c2ccccc2Oc2c(-c3ccc(N(c4ccc(-c5cccc6c5Sc5ccccc5[Si]6(C)C)cc4)c4nc(-c5ccccc5)nc(-c5ccccc5)n4)cc3)cccc21. The molecule has 0 saturated carbocycles. The third-order valence-electron chi connectivity index (χ3n) is 26.3. The van der Waals surface area contributed by atoms with Crippen molar-refractivity contribution in [1.82, 2.24) is 15.0 Å². The molecule has 0 bridgehead atoms. The fraction of sp³-hybridized carbons (Fsp3) is 0.0870. The Morgan fingerprint density at radius 1 is 0.273 bits per heavy atom. The molecule has 13 heteroatoms. The molecule has 0 N–H and O–H groups in total. The summed E-state index contributed by atoms with van der Waals surface area (Å²) in [6.45, 7) is 18.9. The van der Waals surface area contributed by atoms with Crippen molar-refractivity contribution in [2.75, 3.05) is 14.7 Å². The molecule has 0 spiro atoms. The van der Waals surface area contributed by atoms with Crippen LogP contribution in [0.5, 0.6) is 46.0 Å². The van der Waals surface area contributed by atoms with Gasteiger partial charge in [0.25, 0.3) is 0 Å². The summed E-state index contributed by atoms with van der Waals surface area (Å²) in [4.78, 5) is 24.9. The van der Waals surface area contributed by atoms with Crippen LogP contribution in [0.15, 0.2) is 410 Å². The highest BCUT2D eigenvalue weighted by atomic mass is 32.2. The Labute approximate surface area is 753 Å². The predicted octanol–water partition coefficient (Wildman–Crippen LogP) is 29.2. The first-order valence-corrected chi connectivity index (χ1v) is 50.6. The quantitative estimate of drug-likeness (QED) is 0.103. The molecule has 17 aromatic carbocycles. The van der Waals surface area contributed by atoms with Gasteiger partial charge in [-0.05, 0) is 158 Å². The zero-order valence-corrected chi connectivity index (χ0v) is 75.1. The van der Waals surface area contributed by atoms with Gasteiger partial charge in [-0.2, -0.15) is 9.97 Å². The van der Waals surface area contributed by atoms with E-state index in [0.717, 1.165) is 136 Å². The van der Waals surface area contributed by atoms with E-state index in [4.69, 9.17) is 33.9 Å². The Bertz CT molecular complexity index is 6990. The second-order valence-electron chi connectivity index (χ2n) is 35.4. The van der Waals surface area contributed by atoms with Gasteiger partial charge in [-0.25, -0.2) is 4.98 Å². The largest absolute Gasteiger partial charge is 0.457 e. The van der Waals surface area contributed by atoms with Gasteiger partial charge in [0, 0.05) is 111 Å². The number of hydrogen-bond acceptors (Lipinski definition) is 11. The van der Waals surface area contributed by atoms with E-state index in [0.29, 0.717) is 17.6 Å². The minimum Gasteiger partial charge on any atom is -0.457 e. The van der Waals surface area contributed by atoms with Crippen molar-refractivity contribution in [2.24, 2.45) is 0 Å². The lowest BCUT2D eigenvalue weighted by Gasteiger charge is -2.35. The molecule has 5 aliphatic rings. The van der Waals surface area contributed by atoms with Crippen molar-refractivity contribution in [2.45, 2.75) is 74.5 Å². The van der Waals surface area contributed by atoms with Gasteiger partial charge in [-0.3, -0.25) is 4.90 Å². The molecule has 0 atom stereocenters. The summed E-state index contributed by atoms with van der Waals surface area (Å²) >= 11 is 1.90. The van der Waals surface area contributed by atoms with E-state index >= 15 is 0 Å². The summed E-state index contributed by atoms with van der Waals surface area (Å²) in [5.41, 5.74) is 23.0.